The number of hydrogen-bond donors (Lipinski definition) is 1. The molecule has 1 atom stereocenters. The van der Waals surface area contributed by atoms with E-state index in [9.17, 15) is 13.2 Å². The van der Waals surface area contributed by atoms with Crippen LogP contribution in [0.5, 0.6) is 0 Å². The van der Waals surface area contributed by atoms with Gasteiger partial charge in [0.1, 0.15) is 5.37 Å². The van der Waals surface area contributed by atoms with Crippen molar-refractivity contribution in [2.45, 2.75) is 38.0 Å². The maximum absolute atomic E-state index is 11.4. The van der Waals surface area contributed by atoms with E-state index in [1.807, 2.05) is 0 Å². The van der Waals surface area contributed by atoms with Crippen molar-refractivity contribution in [1.29, 1.82) is 0 Å². The quantitative estimate of drug-likeness (QED) is 0.711. The minimum Gasteiger partial charge on any atom is -0.340 e. The summed E-state index contributed by atoms with van der Waals surface area (Å²) in [5.41, 5.74) is 0. The second-order valence-electron chi connectivity index (χ2n) is 3.25. The summed E-state index contributed by atoms with van der Waals surface area (Å²) in [6.45, 7) is 1.60. The van der Waals surface area contributed by atoms with Gasteiger partial charge in [-0.2, -0.15) is 0 Å². The molecule has 4 nitrogen and oxygen atoms in total. The largest absolute Gasteiger partial charge is 0.340 e. The summed E-state index contributed by atoms with van der Waals surface area (Å²) in [4.78, 5) is 11.1. The molecule has 5 heteroatoms. The van der Waals surface area contributed by atoms with Gasteiger partial charge in [0.2, 0.25) is 5.91 Å². The fourth-order valence-electron chi connectivity index (χ4n) is 1.41. The first-order valence-electron chi connectivity index (χ1n) is 4.57. The van der Waals surface area contributed by atoms with E-state index < -0.39 is 15.2 Å². The predicted octanol–water partition coefficient (Wildman–Crippen LogP) is 0.437. The molecule has 1 aliphatic rings. The zero-order chi connectivity index (χ0) is 9.90. The average Bonchev–Trinajstić information content (AvgIpc) is 2.30. The molecular weight excluding hydrogens is 190 g/mol. The maximum Gasteiger partial charge on any atom is 0.221 e. The molecule has 0 spiro atoms. The maximum atomic E-state index is 11.4. The summed E-state index contributed by atoms with van der Waals surface area (Å²) in [6, 6.07) is 0. The summed E-state index contributed by atoms with van der Waals surface area (Å²) in [6.07, 6.45) is 2.61. The van der Waals surface area contributed by atoms with E-state index in [1.165, 1.54) is 0 Å². The van der Waals surface area contributed by atoms with Crippen molar-refractivity contribution < 1.29 is 13.2 Å². The molecule has 0 aromatic heterocycles. The lowest BCUT2D eigenvalue weighted by molar-refractivity contribution is -0.121. The molecule has 0 radical (unpaired) electrons. The third-order valence-corrected chi connectivity index (χ3v) is 4.30. The van der Waals surface area contributed by atoms with Gasteiger partial charge in [-0.25, -0.2) is 8.42 Å². The zero-order valence-corrected chi connectivity index (χ0v) is 8.56. The molecule has 0 aliphatic carbocycles. The topological polar surface area (TPSA) is 63.2 Å². The Kier molecular flexibility index (Phi) is 3.30. The molecule has 1 saturated heterocycles. The van der Waals surface area contributed by atoms with Crippen LogP contribution in [-0.2, 0) is 14.6 Å². The van der Waals surface area contributed by atoms with Crippen LogP contribution in [0.2, 0.25) is 0 Å². The predicted molar refractivity (Wildman–Crippen MR) is 49.9 cm³/mol. The first-order valence-corrected chi connectivity index (χ1v) is 6.28. The van der Waals surface area contributed by atoms with Gasteiger partial charge in [0, 0.05) is 12.2 Å². The van der Waals surface area contributed by atoms with Crippen molar-refractivity contribution in [1.82, 2.24) is 5.32 Å². The molecule has 1 N–H and O–H groups in total. The van der Waals surface area contributed by atoms with Crippen LogP contribution in [-0.4, -0.2) is 25.5 Å². The molecule has 1 rings (SSSR count). The van der Waals surface area contributed by atoms with E-state index in [1.54, 1.807) is 6.92 Å². The Morgan fingerprint density at radius 1 is 1.46 bits per heavy atom. The lowest BCUT2D eigenvalue weighted by Crippen LogP contribution is -2.39. The highest BCUT2D eigenvalue weighted by atomic mass is 32.2. The Morgan fingerprint density at radius 3 is 2.77 bits per heavy atom. The Hall–Kier alpha value is -0.580. The molecule has 1 aliphatic heterocycles. The van der Waals surface area contributed by atoms with Crippen molar-refractivity contribution in [3.63, 3.8) is 0 Å². The van der Waals surface area contributed by atoms with Gasteiger partial charge in [0.05, 0.1) is 0 Å². The van der Waals surface area contributed by atoms with Gasteiger partial charge in [-0.05, 0) is 19.3 Å². The molecule has 0 unspecified atom stereocenters. The van der Waals surface area contributed by atoms with Crippen LogP contribution in [0.3, 0.4) is 0 Å². The molecule has 0 bridgehead atoms. The van der Waals surface area contributed by atoms with E-state index in [0.717, 1.165) is 12.8 Å². The molecule has 0 saturated carbocycles. The van der Waals surface area contributed by atoms with Gasteiger partial charge in [-0.1, -0.05) is 6.92 Å². The SMILES string of the molecule is CCS(=O)(=O)[C@@H]1CCCCC(=O)N1. The number of carbonyl (C=O) groups is 1. The second kappa shape index (κ2) is 4.09. The number of carbonyl (C=O) groups excluding carboxylic acids is 1. The number of amides is 1. The van der Waals surface area contributed by atoms with Gasteiger partial charge < -0.3 is 5.32 Å². The van der Waals surface area contributed by atoms with Gasteiger partial charge in [-0.3, -0.25) is 4.79 Å². The van der Waals surface area contributed by atoms with E-state index in [2.05, 4.69) is 5.32 Å². The van der Waals surface area contributed by atoms with Gasteiger partial charge in [-0.15, -0.1) is 0 Å². The summed E-state index contributed by atoms with van der Waals surface area (Å²) in [5.74, 6) is -0.0441. The minimum atomic E-state index is -3.11. The zero-order valence-electron chi connectivity index (χ0n) is 7.75. The van der Waals surface area contributed by atoms with Crippen LogP contribution in [0, 0.1) is 0 Å². The van der Waals surface area contributed by atoms with Crippen LogP contribution < -0.4 is 5.32 Å². The standard InChI is InChI=1S/C8H15NO3S/c1-2-13(11,12)8-6-4-3-5-7(10)9-8/h8H,2-6H2,1H3,(H,9,10)/t8-/m1/s1. The van der Waals surface area contributed by atoms with Gasteiger partial charge >= 0.3 is 0 Å². The summed E-state index contributed by atoms with van der Waals surface area (Å²) < 4.78 is 22.9. The lowest BCUT2D eigenvalue weighted by Gasteiger charge is -2.14. The number of rotatable bonds is 2. The highest BCUT2D eigenvalue weighted by Crippen LogP contribution is 2.14. The van der Waals surface area contributed by atoms with Crippen LogP contribution in [0.1, 0.15) is 32.6 Å². The smallest absolute Gasteiger partial charge is 0.221 e. The monoisotopic (exact) mass is 205 g/mol. The lowest BCUT2D eigenvalue weighted by atomic mass is 10.2. The van der Waals surface area contributed by atoms with E-state index in [0.29, 0.717) is 12.8 Å². The summed E-state index contributed by atoms with van der Waals surface area (Å²) in [5, 5.41) is 1.90. The highest BCUT2D eigenvalue weighted by molar-refractivity contribution is 7.91. The van der Waals surface area contributed by atoms with Gasteiger partial charge in [0.15, 0.2) is 9.84 Å². The molecule has 13 heavy (non-hydrogen) atoms. The summed E-state index contributed by atoms with van der Waals surface area (Å²) >= 11 is 0. The Morgan fingerprint density at radius 2 is 2.15 bits per heavy atom. The molecule has 76 valence electrons. The molecule has 0 aromatic rings. The third-order valence-electron chi connectivity index (χ3n) is 2.28. The van der Waals surface area contributed by atoms with Crippen molar-refractivity contribution >= 4 is 15.7 Å². The number of nitrogens with one attached hydrogen (secondary N) is 1. The summed E-state index contributed by atoms with van der Waals surface area (Å²) in [7, 11) is -3.11. The number of hydrogen-bond acceptors (Lipinski definition) is 3. The fraction of sp³-hybridized carbons (Fsp3) is 0.875. The van der Waals surface area contributed by atoms with Crippen LogP contribution in [0.25, 0.3) is 0 Å². The van der Waals surface area contributed by atoms with Crippen molar-refractivity contribution in [2.24, 2.45) is 0 Å². The number of sulfone groups is 1. The highest BCUT2D eigenvalue weighted by Gasteiger charge is 2.26. The van der Waals surface area contributed by atoms with E-state index in [-0.39, 0.29) is 11.7 Å². The molecule has 1 fully saturated rings. The first kappa shape index (κ1) is 10.5. The first-order chi connectivity index (χ1) is 6.06. The Balaban J connectivity index is 2.73. The van der Waals surface area contributed by atoms with E-state index in [4.69, 9.17) is 0 Å². The van der Waals surface area contributed by atoms with Crippen LogP contribution in [0.4, 0.5) is 0 Å². The Bertz CT molecular complexity index is 284. The van der Waals surface area contributed by atoms with Crippen molar-refractivity contribution in [2.75, 3.05) is 5.75 Å². The van der Waals surface area contributed by atoms with Crippen LogP contribution in [0.15, 0.2) is 0 Å². The average molecular weight is 205 g/mol. The second-order valence-corrected chi connectivity index (χ2v) is 5.73. The normalized spacial score (nSPS) is 25.0. The van der Waals surface area contributed by atoms with E-state index >= 15 is 0 Å². The molecule has 0 aromatic carbocycles. The van der Waals surface area contributed by atoms with Gasteiger partial charge in [0.25, 0.3) is 0 Å². The van der Waals surface area contributed by atoms with Crippen LogP contribution >= 0.6 is 0 Å². The fourth-order valence-corrected chi connectivity index (χ4v) is 2.65. The minimum absolute atomic E-state index is 0.0952. The van der Waals surface area contributed by atoms with Crippen molar-refractivity contribution in [3.05, 3.63) is 0 Å². The third kappa shape index (κ3) is 2.69. The molecule has 1 amide bonds. The molecule has 1 heterocycles. The Labute approximate surface area is 78.6 Å². The van der Waals surface area contributed by atoms with Crippen molar-refractivity contribution in [3.8, 4) is 0 Å². The molecular formula is C8H15NO3S.